The molecule has 0 amide bonds. The molecule has 0 N–H and O–H groups in total. The normalized spacial score (nSPS) is 16.9. The molecule has 0 aromatic carbocycles. The molecule has 1 heterocycles. The van der Waals surface area contributed by atoms with Crippen molar-refractivity contribution in [3.05, 3.63) is 18.3 Å². The molecular weight excluding hydrogens is 206 g/mol. The molecule has 0 spiro atoms. The molecule has 3 heteroatoms. The summed E-state index contributed by atoms with van der Waals surface area (Å²) in [6.07, 6.45) is 9.30. The minimum Gasteiger partial charge on any atom is -0.477 e. The quantitative estimate of drug-likeness (QED) is 0.731. The molecule has 1 aromatic heterocycles. The third kappa shape index (κ3) is 3.13. The van der Waals surface area contributed by atoms with E-state index in [9.17, 15) is 0 Å². The van der Waals surface area contributed by atoms with Crippen LogP contribution in [0.15, 0.2) is 23.2 Å². The first kappa shape index (κ1) is 10.8. The van der Waals surface area contributed by atoms with Crippen molar-refractivity contribution in [2.24, 2.45) is 5.92 Å². The van der Waals surface area contributed by atoms with E-state index in [2.05, 4.69) is 17.3 Å². The molecule has 2 nitrogen and oxygen atoms in total. The van der Waals surface area contributed by atoms with E-state index in [0.717, 1.165) is 18.4 Å². The Kier molecular flexibility index (Phi) is 3.89. The lowest BCUT2D eigenvalue weighted by atomic mass is 10.1. The Bertz CT molecular complexity index is 293. The molecule has 1 aliphatic rings. The van der Waals surface area contributed by atoms with Gasteiger partial charge in [-0.2, -0.15) is 0 Å². The molecule has 1 aliphatic carbocycles. The summed E-state index contributed by atoms with van der Waals surface area (Å²) in [5.41, 5.74) is 0. The fourth-order valence-electron chi connectivity index (χ4n) is 1.95. The average molecular weight is 223 g/mol. The summed E-state index contributed by atoms with van der Waals surface area (Å²) in [6.45, 7) is 0.839. The predicted octanol–water partition coefficient (Wildman–Crippen LogP) is 3.37. The van der Waals surface area contributed by atoms with Crippen LogP contribution in [0.25, 0.3) is 0 Å². The number of pyridine rings is 1. The fourth-order valence-corrected chi connectivity index (χ4v) is 2.32. The topological polar surface area (TPSA) is 22.1 Å². The van der Waals surface area contributed by atoms with Crippen molar-refractivity contribution in [2.75, 3.05) is 12.9 Å². The molecule has 2 rings (SSSR count). The lowest BCUT2D eigenvalue weighted by molar-refractivity contribution is 0.243. The molecule has 0 aliphatic heterocycles. The van der Waals surface area contributed by atoms with Crippen molar-refractivity contribution < 1.29 is 4.74 Å². The van der Waals surface area contributed by atoms with E-state index in [0.29, 0.717) is 0 Å². The third-order valence-electron chi connectivity index (χ3n) is 2.89. The number of aromatic nitrogens is 1. The second-order valence-corrected chi connectivity index (χ2v) is 4.88. The highest BCUT2D eigenvalue weighted by atomic mass is 32.2. The first-order chi connectivity index (χ1) is 7.38. The predicted molar refractivity (Wildman–Crippen MR) is 63.5 cm³/mol. The van der Waals surface area contributed by atoms with Crippen molar-refractivity contribution in [3.8, 4) is 5.88 Å². The first-order valence-electron chi connectivity index (χ1n) is 5.51. The van der Waals surface area contributed by atoms with Crippen LogP contribution in [0.4, 0.5) is 0 Å². The maximum Gasteiger partial charge on any atom is 0.213 e. The van der Waals surface area contributed by atoms with E-state index in [1.807, 2.05) is 12.3 Å². The Morgan fingerprint density at radius 3 is 2.80 bits per heavy atom. The van der Waals surface area contributed by atoms with Gasteiger partial charge in [-0.25, -0.2) is 4.98 Å². The van der Waals surface area contributed by atoms with Gasteiger partial charge in [-0.1, -0.05) is 12.8 Å². The number of ether oxygens (including phenoxy) is 1. The van der Waals surface area contributed by atoms with E-state index < -0.39 is 0 Å². The second kappa shape index (κ2) is 5.40. The second-order valence-electron chi connectivity index (χ2n) is 4.00. The van der Waals surface area contributed by atoms with Gasteiger partial charge in [0.2, 0.25) is 5.88 Å². The van der Waals surface area contributed by atoms with E-state index >= 15 is 0 Å². The minimum atomic E-state index is 0.757. The summed E-state index contributed by atoms with van der Waals surface area (Å²) < 4.78 is 5.67. The van der Waals surface area contributed by atoms with Crippen LogP contribution in [-0.4, -0.2) is 17.8 Å². The van der Waals surface area contributed by atoms with Gasteiger partial charge >= 0.3 is 0 Å². The van der Waals surface area contributed by atoms with Crippen molar-refractivity contribution in [1.29, 1.82) is 0 Å². The standard InChI is InChI=1S/C12H17NOS/c1-15-11-6-7-12(13-8-11)14-9-10-4-2-3-5-10/h6-8,10H,2-5,9H2,1H3. The molecular formula is C12H17NOS. The zero-order chi connectivity index (χ0) is 10.5. The highest BCUT2D eigenvalue weighted by Crippen LogP contribution is 2.25. The molecule has 0 unspecified atom stereocenters. The Labute approximate surface area is 95.4 Å². The molecule has 1 fully saturated rings. The van der Waals surface area contributed by atoms with Gasteiger partial charge < -0.3 is 4.74 Å². The molecule has 0 atom stereocenters. The number of hydrogen-bond donors (Lipinski definition) is 0. The molecule has 15 heavy (non-hydrogen) atoms. The van der Waals surface area contributed by atoms with Gasteiger partial charge in [-0.3, -0.25) is 0 Å². The van der Waals surface area contributed by atoms with Crippen LogP contribution in [0.3, 0.4) is 0 Å². The van der Waals surface area contributed by atoms with Crippen LogP contribution in [0.2, 0.25) is 0 Å². The third-order valence-corrected chi connectivity index (χ3v) is 3.60. The van der Waals surface area contributed by atoms with E-state index in [1.165, 1.54) is 30.6 Å². The number of thioether (sulfide) groups is 1. The van der Waals surface area contributed by atoms with Crippen molar-refractivity contribution in [1.82, 2.24) is 4.98 Å². The highest BCUT2D eigenvalue weighted by molar-refractivity contribution is 7.98. The molecule has 82 valence electrons. The minimum absolute atomic E-state index is 0.757. The summed E-state index contributed by atoms with van der Waals surface area (Å²) in [6, 6.07) is 4.02. The van der Waals surface area contributed by atoms with Gasteiger partial charge in [-0.15, -0.1) is 11.8 Å². The van der Waals surface area contributed by atoms with Crippen LogP contribution in [0, 0.1) is 5.92 Å². The van der Waals surface area contributed by atoms with E-state index in [-0.39, 0.29) is 0 Å². The zero-order valence-corrected chi connectivity index (χ0v) is 9.93. The monoisotopic (exact) mass is 223 g/mol. The molecule has 0 radical (unpaired) electrons. The number of nitrogens with zero attached hydrogens (tertiary/aromatic N) is 1. The SMILES string of the molecule is CSc1ccc(OCC2CCCC2)nc1. The van der Waals surface area contributed by atoms with Crippen molar-refractivity contribution in [3.63, 3.8) is 0 Å². The van der Waals surface area contributed by atoms with Gasteiger partial charge in [0.15, 0.2) is 0 Å². The lowest BCUT2D eigenvalue weighted by Crippen LogP contribution is -2.08. The summed E-state index contributed by atoms with van der Waals surface area (Å²) >= 11 is 1.70. The Hall–Kier alpha value is -0.700. The highest BCUT2D eigenvalue weighted by Gasteiger charge is 2.15. The molecule has 0 saturated heterocycles. The Balaban J connectivity index is 1.82. The molecule has 0 bridgehead atoms. The van der Waals surface area contributed by atoms with Crippen LogP contribution in [-0.2, 0) is 0 Å². The lowest BCUT2D eigenvalue weighted by Gasteiger charge is -2.10. The van der Waals surface area contributed by atoms with Crippen LogP contribution in [0.5, 0.6) is 5.88 Å². The van der Waals surface area contributed by atoms with Crippen molar-refractivity contribution >= 4 is 11.8 Å². The maximum atomic E-state index is 5.67. The summed E-state index contributed by atoms with van der Waals surface area (Å²) in [5.74, 6) is 1.52. The average Bonchev–Trinajstić information content (AvgIpc) is 2.80. The van der Waals surface area contributed by atoms with Gasteiger partial charge in [0.05, 0.1) is 6.61 Å². The van der Waals surface area contributed by atoms with Crippen LogP contribution >= 0.6 is 11.8 Å². The molecule has 1 saturated carbocycles. The summed E-state index contributed by atoms with van der Waals surface area (Å²) in [7, 11) is 0. The Morgan fingerprint density at radius 1 is 1.40 bits per heavy atom. The van der Waals surface area contributed by atoms with E-state index in [1.54, 1.807) is 11.8 Å². The van der Waals surface area contributed by atoms with Gasteiger partial charge in [0, 0.05) is 17.2 Å². The van der Waals surface area contributed by atoms with Crippen LogP contribution in [0.1, 0.15) is 25.7 Å². The number of rotatable bonds is 4. The zero-order valence-electron chi connectivity index (χ0n) is 9.11. The van der Waals surface area contributed by atoms with E-state index in [4.69, 9.17) is 4.74 Å². The Morgan fingerprint density at radius 2 is 2.20 bits per heavy atom. The summed E-state index contributed by atoms with van der Waals surface area (Å²) in [5, 5.41) is 0. The van der Waals surface area contributed by atoms with Gasteiger partial charge in [-0.05, 0) is 31.1 Å². The van der Waals surface area contributed by atoms with Crippen LogP contribution < -0.4 is 4.74 Å². The first-order valence-corrected chi connectivity index (χ1v) is 6.74. The maximum absolute atomic E-state index is 5.67. The largest absolute Gasteiger partial charge is 0.477 e. The fraction of sp³-hybridized carbons (Fsp3) is 0.583. The van der Waals surface area contributed by atoms with Crippen molar-refractivity contribution in [2.45, 2.75) is 30.6 Å². The smallest absolute Gasteiger partial charge is 0.213 e. The number of hydrogen-bond acceptors (Lipinski definition) is 3. The molecule has 1 aromatic rings. The van der Waals surface area contributed by atoms with Gasteiger partial charge in [0.1, 0.15) is 0 Å². The summed E-state index contributed by atoms with van der Waals surface area (Å²) in [4.78, 5) is 5.45. The van der Waals surface area contributed by atoms with Gasteiger partial charge in [0.25, 0.3) is 0 Å².